The van der Waals surface area contributed by atoms with Gasteiger partial charge in [0.15, 0.2) is 23.6 Å². The minimum Gasteiger partial charge on any atom is -0.490 e. The molecule has 0 aromatic heterocycles. The maximum Gasteiger partial charge on any atom is 0.176 e. The van der Waals surface area contributed by atoms with Crippen LogP contribution in [0.3, 0.4) is 0 Å². The van der Waals surface area contributed by atoms with Gasteiger partial charge in [0.2, 0.25) is 0 Å². The molecule has 0 unspecified atom stereocenters. The number of carbonyl (C=O) groups excluding carboxylic acids is 2. The molecule has 0 saturated carbocycles. The Morgan fingerprint density at radius 2 is 2.20 bits per heavy atom. The zero-order chi connectivity index (χ0) is 11.4. The van der Waals surface area contributed by atoms with Crippen LogP contribution in [0.25, 0.3) is 0 Å². The highest BCUT2D eigenvalue weighted by atomic mass is 19.1. The number of rotatable bonds is 4. The van der Waals surface area contributed by atoms with Crippen LogP contribution in [0.5, 0.6) is 5.75 Å². The number of carbonyl (C=O) groups is 2. The molecule has 1 rings (SSSR count). The number of benzene rings is 1. The Morgan fingerprint density at radius 3 is 2.67 bits per heavy atom. The van der Waals surface area contributed by atoms with Gasteiger partial charge in [0, 0.05) is 0 Å². The van der Waals surface area contributed by atoms with Crippen molar-refractivity contribution < 1.29 is 18.7 Å². The Labute approximate surface area is 86.9 Å². The first-order chi connectivity index (χ1) is 7.11. The topological polar surface area (TPSA) is 43.4 Å². The summed E-state index contributed by atoms with van der Waals surface area (Å²) in [7, 11) is 0. The molecule has 1 aromatic carbocycles. The number of ketones is 1. The fourth-order valence-electron chi connectivity index (χ4n) is 1.23. The molecule has 0 aliphatic carbocycles. The molecule has 80 valence electrons. The van der Waals surface area contributed by atoms with E-state index in [1.54, 1.807) is 6.92 Å². The number of aldehydes is 1. The molecule has 0 fully saturated rings. The third-order valence-corrected chi connectivity index (χ3v) is 1.92. The molecular weight excluding hydrogens is 199 g/mol. The van der Waals surface area contributed by atoms with Crippen LogP contribution < -0.4 is 4.74 Å². The molecule has 0 atom stereocenters. The van der Waals surface area contributed by atoms with Gasteiger partial charge in [-0.3, -0.25) is 9.59 Å². The van der Waals surface area contributed by atoms with Crippen molar-refractivity contribution in [3.8, 4) is 5.75 Å². The normalized spacial score (nSPS) is 9.80. The van der Waals surface area contributed by atoms with Crippen molar-refractivity contribution in [2.45, 2.75) is 13.8 Å². The average Bonchev–Trinajstić information content (AvgIpc) is 2.20. The smallest absolute Gasteiger partial charge is 0.176 e. The van der Waals surface area contributed by atoms with E-state index in [1.165, 1.54) is 19.1 Å². The van der Waals surface area contributed by atoms with Gasteiger partial charge < -0.3 is 4.74 Å². The summed E-state index contributed by atoms with van der Waals surface area (Å²) in [4.78, 5) is 21.6. The predicted molar refractivity (Wildman–Crippen MR) is 53.0 cm³/mol. The van der Waals surface area contributed by atoms with Gasteiger partial charge in [-0.1, -0.05) is 0 Å². The van der Waals surface area contributed by atoms with Crippen molar-refractivity contribution in [3.05, 3.63) is 29.1 Å². The molecule has 0 aliphatic heterocycles. The van der Waals surface area contributed by atoms with Gasteiger partial charge in [0.05, 0.1) is 17.7 Å². The first-order valence-corrected chi connectivity index (χ1v) is 4.53. The third kappa shape index (κ3) is 2.21. The van der Waals surface area contributed by atoms with Gasteiger partial charge in [-0.25, -0.2) is 4.39 Å². The van der Waals surface area contributed by atoms with Gasteiger partial charge in [-0.15, -0.1) is 0 Å². The molecule has 0 aliphatic rings. The maximum absolute atomic E-state index is 13.7. The van der Waals surface area contributed by atoms with Crippen LogP contribution in [-0.2, 0) is 0 Å². The quantitative estimate of drug-likeness (QED) is 0.565. The molecular formula is C11H11FO3. The number of hydrogen-bond acceptors (Lipinski definition) is 3. The predicted octanol–water partition coefficient (Wildman–Crippen LogP) is 2.24. The third-order valence-electron chi connectivity index (χ3n) is 1.92. The van der Waals surface area contributed by atoms with Gasteiger partial charge in [0.25, 0.3) is 0 Å². The zero-order valence-corrected chi connectivity index (χ0v) is 8.54. The second kappa shape index (κ2) is 4.68. The second-order valence-corrected chi connectivity index (χ2v) is 2.95. The molecule has 0 radical (unpaired) electrons. The highest BCUT2D eigenvalue weighted by Crippen LogP contribution is 2.25. The lowest BCUT2D eigenvalue weighted by molar-refractivity contribution is 0.101. The number of Topliss-reactive ketones (excluding diaryl/α,β-unsaturated/α-hetero) is 1. The summed E-state index contributed by atoms with van der Waals surface area (Å²) in [5.41, 5.74) is 0.0448. The minimum atomic E-state index is -0.769. The lowest BCUT2D eigenvalue weighted by Crippen LogP contribution is -2.04. The Morgan fingerprint density at radius 1 is 1.53 bits per heavy atom. The van der Waals surface area contributed by atoms with E-state index in [0.29, 0.717) is 6.29 Å². The number of halogens is 1. The molecule has 0 amide bonds. The summed E-state index contributed by atoms with van der Waals surface area (Å²) >= 11 is 0. The van der Waals surface area contributed by atoms with E-state index in [2.05, 4.69) is 0 Å². The second-order valence-electron chi connectivity index (χ2n) is 2.95. The SMILES string of the molecule is CCOc1c(C=O)ccc(C(C)=O)c1F. The Kier molecular flexibility index (Phi) is 3.55. The molecule has 3 nitrogen and oxygen atoms in total. The molecule has 0 heterocycles. The van der Waals surface area contributed by atoms with Crippen molar-refractivity contribution >= 4 is 12.1 Å². The van der Waals surface area contributed by atoms with Crippen LogP contribution in [-0.4, -0.2) is 18.7 Å². The molecule has 4 heteroatoms. The Balaban J connectivity index is 3.34. The van der Waals surface area contributed by atoms with Gasteiger partial charge in [-0.2, -0.15) is 0 Å². The Bertz CT molecular complexity index is 399. The highest BCUT2D eigenvalue weighted by molar-refractivity contribution is 5.96. The maximum atomic E-state index is 13.7. The first-order valence-electron chi connectivity index (χ1n) is 4.53. The van der Waals surface area contributed by atoms with Crippen LogP contribution >= 0.6 is 0 Å². The van der Waals surface area contributed by atoms with Crippen LogP contribution in [0.15, 0.2) is 12.1 Å². The van der Waals surface area contributed by atoms with Crippen molar-refractivity contribution in [3.63, 3.8) is 0 Å². The van der Waals surface area contributed by atoms with Crippen LogP contribution in [0, 0.1) is 5.82 Å². The van der Waals surface area contributed by atoms with Crippen molar-refractivity contribution in [1.29, 1.82) is 0 Å². The fraction of sp³-hybridized carbons (Fsp3) is 0.273. The fourth-order valence-corrected chi connectivity index (χ4v) is 1.23. The summed E-state index contributed by atoms with van der Waals surface area (Å²) < 4.78 is 18.6. The van der Waals surface area contributed by atoms with E-state index in [9.17, 15) is 14.0 Å². The summed E-state index contributed by atoms with van der Waals surface area (Å²) in [6.07, 6.45) is 0.498. The molecule has 0 bridgehead atoms. The van der Waals surface area contributed by atoms with E-state index in [-0.39, 0.29) is 23.5 Å². The number of ether oxygens (including phenoxy) is 1. The number of hydrogen-bond donors (Lipinski definition) is 0. The molecule has 0 N–H and O–H groups in total. The van der Waals surface area contributed by atoms with Crippen LogP contribution in [0.2, 0.25) is 0 Å². The zero-order valence-electron chi connectivity index (χ0n) is 8.54. The van der Waals surface area contributed by atoms with Crippen molar-refractivity contribution in [2.24, 2.45) is 0 Å². The molecule has 0 spiro atoms. The van der Waals surface area contributed by atoms with E-state index in [0.717, 1.165) is 0 Å². The average molecular weight is 210 g/mol. The van der Waals surface area contributed by atoms with E-state index < -0.39 is 11.6 Å². The van der Waals surface area contributed by atoms with E-state index in [1.807, 2.05) is 0 Å². The molecule has 0 saturated heterocycles. The van der Waals surface area contributed by atoms with Gasteiger partial charge in [0.1, 0.15) is 0 Å². The summed E-state index contributed by atoms with van der Waals surface area (Å²) in [6, 6.07) is 2.65. The summed E-state index contributed by atoms with van der Waals surface area (Å²) in [6.45, 7) is 3.17. The van der Waals surface area contributed by atoms with E-state index >= 15 is 0 Å². The van der Waals surface area contributed by atoms with Gasteiger partial charge in [-0.05, 0) is 26.0 Å². The summed E-state index contributed by atoms with van der Waals surface area (Å²) in [5, 5.41) is 0. The largest absolute Gasteiger partial charge is 0.490 e. The molecule has 1 aromatic rings. The monoisotopic (exact) mass is 210 g/mol. The van der Waals surface area contributed by atoms with E-state index in [4.69, 9.17) is 4.74 Å². The Hall–Kier alpha value is -1.71. The summed E-state index contributed by atoms with van der Waals surface area (Å²) in [5.74, 6) is -1.32. The standard InChI is InChI=1S/C11H11FO3/c1-3-15-11-8(6-13)4-5-9(7(2)14)10(11)12/h4-6H,3H2,1-2H3. The lowest BCUT2D eigenvalue weighted by atomic mass is 10.1. The van der Waals surface area contributed by atoms with Crippen LogP contribution in [0.1, 0.15) is 34.6 Å². The first kappa shape index (κ1) is 11.4. The highest BCUT2D eigenvalue weighted by Gasteiger charge is 2.16. The lowest BCUT2D eigenvalue weighted by Gasteiger charge is -2.09. The van der Waals surface area contributed by atoms with Crippen LogP contribution in [0.4, 0.5) is 4.39 Å². The molecule has 15 heavy (non-hydrogen) atoms. The van der Waals surface area contributed by atoms with Crippen molar-refractivity contribution in [1.82, 2.24) is 0 Å². The van der Waals surface area contributed by atoms with Crippen molar-refractivity contribution in [2.75, 3.05) is 6.61 Å². The minimum absolute atomic E-state index is 0.0657. The van der Waals surface area contributed by atoms with Gasteiger partial charge >= 0.3 is 0 Å².